The first-order chi connectivity index (χ1) is 11.4. The van der Waals surface area contributed by atoms with Crippen molar-refractivity contribution in [2.75, 3.05) is 33.7 Å². The lowest BCUT2D eigenvalue weighted by Gasteiger charge is -2.38. The van der Waals surface area contributed by atoms with Crippen LogP contribution in [0.1, 0.15) is 31.2 Å². The van der Waals surface area contributed by atoms with Gasteiger partial charge >= 0.3 is 0 Å². The topological polar surface area (TPSA) is 39.7 Å². The van der Waals surface area contributed by atoms with Gasteiger partial charge in [-0.1, -0.05) is 6.07 Å². The number of nitrogens with zero attached hydrogens (tertiary/aromatic N) is 4. The summed E-state index contributed by atoms with van der Waals surface area (Å²) in [5.41, 5.74) is 2.23. The molecule has 0 aromatic carbocycles. The molecule has 1 aromatic heterocycles. The lowest BCUT2D eigenvalue weighted by molar-refractivity contribution is -0.133. The molecule has 2 saturated heterocycles. The van der Waals surface area contributed by atoms with Crippen molar-refractivity contribution in [2.24, 2.45) is 5.92 Å². The third kappa shape index (κ3) is 3.78. The van der Waals surface area contributed by atoms with Crippen LogP contribution in [0.2, 0.25) is 0 Å². The molecule has 3 atom stereocenters. The van der Waals surface area contributed by atoms with E-state index in [-0.39, 0.29) is 5.91 Å². The molecule has 0 radical (unpaired) electrons. The number of carbonyl (C=O) groups is 1. The third-order valence-electron chi connectivity index (χ3n) is 5.37. The van der Waals surface area contributed by atoms with Crippen molar-refractivity contribution < 1.29 is 4.79 Å². The summed E-state index contributed by atoms with van der Waals surface area (Å²) in [6, 6.07) is 7.04. The zero-order valence-electron chi connectivity index (χ0n) is 15.4. The molecule has 0 saturated carbocycles. The molecule has 132 valence electrons. The molecule has 0 aliphatic carbocycles. The highest BCUT2D eigenvalue weighted by atomic mass is 16.2. The first kappa shape index (κ1) is 17.4. The largest absolute Gasteiger partial charge is 0.335 e. The van der Waals surface area contributed by atoms with E-state index in [0.29, 0.717) is 18.0 Å². The summed E-state index contributed by atoms with van der Waals surface area (Å²) in [4.78, 5) is 23.7. The summed E-state index contributed by atoms with van der Waals surface area (Å²) >= 11 is 0. The number of rotatable bonds is 4. The Labute approximate surface area is 145 Å². The Morgan fingerprint density at radius 3 is 2.83 bits per heavy atom. The van der Waals surface area contributed by atoms with Crippen molar-refractivity contribution in [2.45, 2.75) is 45.3 Å². The zero-order valence-corrected chi connectivity index (χ0v) is 15.4. The summed E-state index contributed by atoms with van der Waals surface area (Å²) < 4.78 is 0. The molecule has 1 amide bonds. The van der Waals surface area contributed by atoms with Gasteiger partial charge in [0.25, 0.3) is 0 Å². The summed E-state index contributed by atoms with van der Waals surface area (Å²) in [5.74, 6) is 0.834. The predicted octanol–water partition coefficient (Wildman–Crippen LogP) is 1.76. The van der Waals surface area contributed by atoms with E-state index in [2.05, 4.69) is 45.9 Å². The van der Waals surface area contributed by atoms with Crippen molar-refractivity contribution in [3.05, 3.63) is 29.6 Å². The number of hydrogen-bond donors (Lipinski definition) is 0. The van der Waals surface area contributed by atoms with Gasteiger partial charge in [-0.2, -0.15) is 0 Å². The molecule has 3 rings (SSSR count). The molecule has 0 unspecified atom stereocenters. The first-order valence-electron chi connectivity index (χ1n) is 9.02. The highest BCUT2D eigenvalue weighted by Gasteiger charge is 2.44. The van der Waals surface area contributed by atoms with Gasteiger partial charge in [0.1, 0.15) is 0 Å². The standard InChI is InChI=1S/C19H30N4O/c1-14-6-5-7-17(20-14)12-22-9-8-19-16(11-22)10-18(13-21(3)4)23(19)15(2)24/h5-7,16,18-19H,8-13H2,1-4H3/t16-,18+,19+/m1/s1. The molecular formula is C19H30N4O. The van der Waals surface area contributed by atoms with E-state index in [1.807, 2.05) is 13.0 Å². The van der Waals surface area contributed by atoms with Crippen LogP contribution in [0.3, 0.4) is 0 Å². The fourth-order valence-corrected chi connectivity index (χ4v) is 4.56. The molecule has 24 heavy (non-hydrogen) atoms. The number of amides is 1. The second-order valence-corrected chi connectivity index (χ2v) is 7.70. The Kier molecular flexibility index (Phi) is 5.21. The van der Waals surface area contributed by atoms with Crippen molar-refractivity contribution in [3.63, 3.8) is 0 Å². The van der Waals surface area contributed by atoms with Gasteiger partial charge in [-0.25, -0.2) is 0 Å². The number of carbonyl (C=O) groups excluding carboxylic acids is 1. The Morgan fingerprint density at radius 2 is 2.17 bits per heavy atom. The third-order valence-corrected chi connectivity index (χ3v) is 5.37. The quantitative estimate of drug-likeness (QED) is 0.843. The Hall–Kier alpha value is -1.46. The van der Waals surface area contributed by atoms with Gasteiger partial charge in [-0.3, -0.25) is 14.7 Å². The average Bonchev–Trinajstić information content (AvgIpc) is 2.83. The SMILES string of the molecule is CC(=O)N1[C@H](CN(C)C)C[C@@H]2CN(Cc3cccc(C)n3)CC[C@@H]21. The van der Waals surface area contributed by atoms with Crippen LogP contribution in [0.25, 0.3) is 0 Å². The van der Waals surface area contributed by atoms with Gasteiger partial charge in [-0.05, 0) is 51.9 Å². The van der Waals surface area contributed by atoms with Crippen LogP contribution in [-0.2, 0) is 11.3 Å². The molecule has 0 N–H and O–H groups in total. The Balaban J connectivity index is 1.66. The van der Waals surface area contributed by atoms with E-state index in [0.717, 1.165) is 50.4 Å². The minimum atomic E-state index is 0.239. The second-order valence-electron chi connectivity index (χ2n) is 7.70. The number of pyridine rings is 1. The normalized spacial score (nSPS) is 27.5. The van der Waals surface area contributed by atoms with E-state index in [1.165, 1.54) is 0 Å². The fourth-order valence-electron chi connectivity index (χ4n) is 4.56. The highest BCUT2D eigenvalue weighted by molar-refractivity contribution is 5.74. The van der Waals surface area contributed by atoms with Gasteiger partial charge in [0, 0.05) is 50.9 Å². The van der Waals surface area contributed by atoms with Gasteiger partial charge in [0.05, 0.1) is 5.69 Å². The number of fused-ring (bicyclic) bond motifs is 1. The number of aryl methyl sites for hydroxylation is 1. The number of aromatic nitrogens is 1. The minimum absolute atomic E-state index is 0.239. The number of likely N-dealkylation sites (tertiary alicyclic amines) is 2. The summed E-state index contributed by atoms with van der Waals surface area (Å²) in [5, 5.41) is 0. The number of hydrogen-bond acceptors (Lipinski definition) is 4. The van der Waals surface area contributed by atoms with Crippen molar-refractivity contribution >= 4 is 5.91 Å². The maximum atomic E-state index is 12.2. The maximum absolute atomic E-state index is 12.2. The lowest BCUT2D eigenvalue weighted by Crippen LogP contribution is -2.49. The minimum Gasteiger partial charge on any atom is -0.335 e. The first-order valence-corrected chi connectivity index (χ1v) is 9.02. The monoisotopic (exact) mass is 330 g/mol. The fraction of sp³-hybridized carbons (Fsp3) is 0.684. The van der Waals surface area contributed by atoms with Crippen molar-refractivity contribution in [1.82, 2.24) is 19.7 Å². The molecule has 0 bridgehead atoms. The molecule has 1 aromatic rings. The lowest BCUT2D eigenvalue weighted by atomic mass is 9.92. The maximum Gasteiger partial charge on any atom is 0.219 e. The van der Waals surface area contributed by atoms with Crippen LogP contribution < -0.4 is 0 Å². The molecule has 2 aliphatic heterocycles. The molecule has 2 fully saturated rings. The van der Waals surface area contributed by atoms with E-state index in [4.69, 9.17) is 0 Å². The smallest absolute Gasteiger partial charge is 0.219 e. The van der Waals surface area contributed by atoms with E-state index in [9.17, 15) is 4.79 Å². The molecule has 2 aliphatic rings. The highest BCUT2D eigenvalue weighted by Crippen LogP contribution is 2.36. The van der Waals surface area contributed by atoms with Crippen LogP contribution in [0.5, 0.6) is 0 Å². The zero-order chi connectivity index (χ0) is 17.3. The van der Waals surface area contributed by atoms with Gasteiger partial charge in [0.15, 0.2) is 0 Å². The molecule has 5 heteroatoms. The Bertz CT molecular complexity index is 588. The van der Waals surface area contributed by atoms with Crippen LogP contribution in [0, 0.1) is 12.8 Å². The molecular weight excluding hydrogens is 300 g/mol. The van der Waals surface area contributed by atoms with Crippen LogP contribution in [-0.4, -0.2) is 71.4 Å². The Morgan fingerprint density at radius 1 is 1.38 bits per heavy atom. The summed E-state index contributed by atoms with van der Waals surface area (Å²) in [6.07, 6.45) is 2.21. The summed E-state index contributed by atoms with van der Waals surface area (Å²) in [6.45, 7) is 7.79. The van der Waals surface area contributed by atoms with E-state index in [1.54, 1.807) is 6.92 Å². The van der Waals surface area contributed by atoms with Crippen LogP contribution >= 0.6 is 0 Å². The van der Waals surface area contributed by atoms with Gasteiger partial charge in [-0.15, -0.1) is 0 Å². The van der Waals surface area contributed by atoms with E-state index < -0.39 is 0 Å². The predicted molar refractivity (Wildman–Crippen MR) is 95.6 cm³/mol. The van der Waals surface area contributed by atoms with Crippen LogP contribution in [0.4, 0.5) is 0 Å². The average molecular weight is 330 g/mol. The number of piperidine rings is 1. The summed E-state index contributed by atoms with van der Waals surface area (Å²) in [7, 11) is 4.19. The van der Waals surface area contributed by atoms with E-state index >= 15 is 0 Å². The van der Waals surface area contributed by atoms with Crippen molar-refractivity contribution in [1.29, 1.82) is 0 Å². The second kappa shape index (κ2) is 7.19. The molecule has 3 heterocycles. The van der Waals surface area contributed by atoms with Crippen LogP contribution in [0.15, 0.2) is 18.2 Å². The van der Waals surface area contributed by atoms with Gasteiger partial charge in [0.2, 0.25) is 5.91 Å². The van der Waals surface area contributed by atoms with Gasteiger partial charge < -0.3 is 9.80 Å². The molecule has 0 spiro atoms. The van der Waals surface area contributed by atoms with Crippen molar-refractivity contribution in [3.8, 4) is 0 Å². The number of likely N-dealkylation sites (N-methyl/N-ethyl adjacent to an activating group) is 1. The molecule has 5 nitrogen and oxygen atoms in total.